The van der Waals surface area contributed by atoms with Crippen molar-refractivity contribution < 1.29 is 9.59 Å². The Hall–Kier alpha value is -1.01. The van der Waals surface area contributed by atoms with E-state index in [-0.39, 0.29) is 30.8 Å². The maximum Gasteiger partial charge on any atom is 0.243 e. The molecule has 0 aliphatic heterocycles. The molecule has 2 amide bonds. The summed E-state index contributed by atoms with van der Waals surface area (Å²) < 4.78 is 0. The van der Waals surface area contributed by atoms with Gasteiger partial charge in [0.25, 0.3) is 0 Å². The van der Waals surface area contributed by atoms with Gasteiger partial charge in [0.1, 0.15) is 0 Å². The van der Waals surface area contributed by atoms with Gasteiger partial charge in [0.05, 0.1) is 22.1 Å². The second-order valence-electron chi connectivity index (χ2n) is 5.51. The predicted molar refractivity (Wildman–Crippen MR) is 97.5 cm³/mol. The van der Waals surface area contributed by atoms with Gasteiger partial charge in [0.15, 0.2) is 0 Å². The molecule has 3 N–H and O–H groups in total. The van der Waals surface area contributed by atoms with E-state index in [2.05, 4.69) is 5.32 Å². The highest BCUT2D eigenvalue weighted by Crippen LogP contribution is 2.25. The van der Waals surface area contributed by atoms with Crippen LogP contribution in [0.15, 0.2) is 18.2 Å². The molecule has 0 heterocycles. The van der Waals surface area contributed by atoms with Crippen molar-refractivity contribution >= 4 is 53.1 Å². The molecule has 23 heavy (non-hydrogen) atoms. The number of nitrogens with two attached hydrogens (primary N) is 1. The fourth-order valence-electron chi connectivity index (χ4n) is 2.12. The van der Waals surface area contributed by atoms with Crippen molar-refractivity contribution in [3.63, 3.8) is 0 Å². The van der Waals surface area contributed by atoms with Crippen LogP contribution in [0.5, 0.6) is 0 Å². The van der Waals surface area contributed by atoms with Crippen molar-refractivity contribution in [2.45, 2.75) is 32.2 Å². The maximum absolute atomic E-state index is 12.2. The van der Waals surface area contributed by atoms with Crippen LogP contribution in [0.2, 0.25) is 10.0 Å². The standard InChI is InChI=1S/C15H21Cl2N3O2.ClH/c1-4-7-15(2,18)14(22)20(3)9-13(21)19-10-5-6-11(16)12(17)8-10;/h5-6,8H,4,7,9,18H2,1-3H3,(H,19,21);1H. The van der Waals surface area contributed by atoms with E-state index in [0.29, 0.717) is 22.2 Å². The van der Waals surface area contributed by atoms with Gasteiger partial charge < -0.3 is 16.0 Å². The molecular formula is C15H22Cl3N3O2. The minimum Gasteiger partial charge on any atom is -0.335 e. The Balaban J connectivity index is 0.00000484. The molecule has 0 spiro atoms. The number of rotatable bonds is 6. The Morgan fingerprint density at radius 1 is 1.30 bits per heavy atom. The zero-order chi connectivity index (χ0) is 16.9. The van der Waals surface area contributed by atoms with Gasteiger partial charge in [0.2, 0.25) is 11.8 Å². The SMILES string of the molecule is CCCC(C)(N)C(=O)N(C)CC(=O)Nc1ccc(Cl)c(Cl)c1.Cl. The molecule has 0 bridgehead atoms. The van der Waals surface area contributed by atoms with Crippen LogP contribution in [0.1, 0.15) is 26.7 Å². The lowest BCUT2D eigenvalue weighted by atomic mass is 9.96. The molecule has 1 rings (SSSR count). The van der Waals surface area contributed by atoms with Crippen molar-refractivity contribution in [3.05, 3.63) is 28.2 Å². The lowest BCUT2D eigenvalue weighted by Gasteiger charge is -2.28. The Morgan fingerprint density at radius 3 is 2.43 bits per heavy atom. The highest BCUT2D eigenvalue weighted by Gasteiger charge is 2.30. The van der Waals surface area contributed by atoms with Crippen LogP contribution in [0.25, 0.3) is 0 Å². The maximum atomic E-state index is 12.2. The summed E-state index contributed by atoms with van der Waals surface area (Å²) in [6.07, 6.45) is 1.35. The van der Waals surface area contributed by atoms with Crippen molar-refractivity contribution in [1.82, 2.24) is 4.90 Å². The van der Waals surface area contributed by atoms with E-state index in [1.807, 2.05) is 6.92 Å². The smallest absolute Gasteiger partial charge is 0.243 e. The summed E-state index contributed by atoms with van der Waals surface area (Å²) in [6, 6.07) is 4.78. The molecule has 1 aromatic rings. The molecule has 0 saturated heterocycles. The molecule has 0 radical (unpaired) electrons. The van der Waals surface area contributed by atoms with Crippen LogP contribution in [-0.2, 0) is 9.59 Å². The Kier molecular flexibility index (Phi) is 8.92. The van der Waals surface area contributed by atoms with Crippen molar-refractivity contribution in [1.29, 1.82) is 0 Å². The number of carbonyl (C=O) groups excluding carboxylic acids is 2. The summed E-state index contributed by atoms with van der Waals surface area (Å²) in [7, 11) is 1.55. The van der Waals surface area contributed by atoms with Crippen molar-refractivity contribution in [2.24, 2.45) is 5.73 Å². The number of halogens is 3. The van der Waals surface area contributed by atoms with E-state index in [0.717, 1.165) is 6.42 Å². The first-order valence-corrected chi connectivity index (χ1v) is 7.72. The molecular weight excluding hydrogens is 361 g/mol. The number of carbonyl (C=O) groups is 2. The molecule has 130 valence electrons. The minimum absolute atomic E-state index is 0. The molecule has 8 heteroatoms. The van der Waals surface area contributed by atoms with Crippen molar-refractivity contribution in [2.75, 3.05) is 18.9 Å². The number of nitrogens with one attached hydrogen (secondary N) is 1. The lowest BCUT2D eigenvalue weighted by molar-refractivity contribution is -0.137. The zero-order valence-electron chi connectivity index (χ0n) is 13.4. The fourth-order valence-corrected chi connectivity index (χ4v) is 2.42. The van der Waals surface area contributed by atoms with Crippen LogP contribution in [-0.4, -0.2) is 35.8 Å². The minimum atomic E-state index is -0.965. The first-order chi connectivity index (χ1) is 10.2. The van der Waals surface area contributed by atoms with Gasteiger partial charge in [-0.25, -0.2) is 0 Å². The topological polar surface area (TPSA) is 75.4 Å². The highest BCUT2D eigenvalue weighted by atomic mass is 35.5. The van der Waals surface area contributed by atoms with E-state index >= 15 is 0 Å². The number of benzene rings is 1. The summed E-state index contributed by atoms with van der Waals surface area (Å²) >= 11 is 11.7. The molecule has 5 nitrogen and oxygen atoms in total. The van der Waals surface area contributed by atoms with Gasteiger partial charge in [-0.2, -0.15) is 0 Å². The lowest BCUT2D eigenvalue weighted by Crippen LogP contribution is -2.53. The first-order valence-electron chi connectivity index (χ1n) is 6.96. The Morgan fingerprint density at radius 2 is 1.91 bits per heavy atom. The second kappa shape index (κ2) is 9.33. The van der Waals surface area contributed by atoms with E-state index < -0.39 is 5.54 Å². The quantitative estimate of drug-likeness (QED) is 0.792. The third-order valence-electron chi connectivity index (χ3n) is 3.19. The van der Waals surface area contributed by atoms with Crippen LogP contribution < -0.4 is 11.1 Å². The van der Waals surface area contributed by atoms with Gasteiger partial charge >= 0.3 is 0 Å². The van der Waals surface area contributed by atoms with Gasteiger partial charge in [-0.1, -0.05) is 36.5 Å². The number of nitrogens with zero attached hydrogens (tertiary/aromatic N) is 1. The summed E-state index contributed by atoms with van der Waals surface area (Å²) in [5.41, 5.74) is 5.53. The van der Waals surface area contributed by atoms with Crippen LogP contribution in [0.3, 0.4) is 0 Å². The molecule has 1 unspecified atom stereocenters. The summed E-state index contributed by atoms with van der Waals surface area (Å²) in [4.78, 5) is 25.5. The highest BCUT2D eigenvalue weighted by molar-refractivity contribution is 6.42. The van der Waals surface area contributed by atoms with Crippen molar-refractivity contribution in [3.8, 4) is 0 Å². The number of likely N-dealkylation sites (N-methyl/N-ethyl adjacent to an activating group) is 1. The molecule has 0 saturated carbocycles. The monoisotopic (exact) mass is 381 g/mol. The van der Waals surface area contributed by atoms with Gasteiger partial charge in [-0.05, 0) is 31.5 Å². The van der Waals surface area contributed by atoms with Crippen LogP contribution in [0, 0.1) is 0 Å². The van der Waals surface area contributed by atoms with Crippen LogP contribution in [0.4, 0.5) is 5.69 Å². The predicted octanol–water partition coefficient (Wildman–Crippen LogP) is 3.33. The third-order valence-corrected chi connectivity index (χ3v) is 3.93. The molecule has 1 atom stereocenters. The zero-order valence-corrected chi connectivity index (χ0v) is 15.7. The molecule has 0 aliphatic carbocycles. The van der Waals surface area contributed by atoms with E-state index in [4.69, 9.17) is 28.9 Å². The Bertz CT molecular complexity index is 565. The number of hydrogen-bond acceptors (Lipinski definition) is 3. The first kappa shape index (κ1) is 22.0. The number of hydrogen-bond donors (Lipinski definition) is 2. The molecule has 0 aromatic heterocycles. The largest absolute Gasteiger partial charge is 0.335 e. The average molecular weight is 383 g/mol. The van der Waals surface area contributed by atoms with Gasteiger partial charge in [0, 0.05) is 12.7 Å². The normalized spacial score (nSPS) is 12.8. The molecule has 1 aromatic carbocycles. The Labute approximate surface area is 152 Å². The van der Waals surface area contributed by atoms with E-state index in [1.54, 1.807) is 32.2 Å². The van der Waals surface area contributed by atoms with E-state index in [1.165, 1.54) is 4.90 Å². The van der Waals surface area contributed by atoms with Gasteiger partial charge in [-0.3, -0.25) is 9.59 Å². The number of anilines is 1. The van der Waals surface area contributed by atoms with E-state index in [9.17, 15) is 9.59 Å². The average Bonchev–Trinajstić information content (AvgIpc) is 2.41. The van der Waals surface area contributed by atoms with Gasteiger partial charge in [-0.15, -0.1) is 12.4 Å². The summed E-state index contributed by atoms with van der Waals surface area (Å²) in [5, 5.41) is 3.42. The molecule has 0 aliphatic rings. The third kappa shape index (κ3) is 6.55. The fraction of sp³-hybridized carbons (Fsp3) is 0.467. The molecule has 0 fully saturated rings. The number of amides is 2. The van der Waals surface area contributed by atoms with Crippen LogP contribution >= 0.6 is 35.6 Å². The summed E-state index contributed by atoms with van der Waals surface area (Å²) in [5.74, 6) is -0.597. The second-order valence-corrected chi connectivity index (χ2v) is 6.32. The summed E-state index contributed by atoms with van der Waals surface area (Å²) in [6.45, 7) is 3.54.